The van der Waals surface area contributed by atoms with Crippen LogP contribution in [0.1, 0.15) is 18.5 Å². The highest BCUT2D eigenvalue weighted by Crippen LogP contribution is 2.34. The Kier molecular flexibility index (Phi) is 4.44. The summed E-state index contributed by atoms with van der Waals surface area (Å²) in [5.41, 5.74) is 0.943. The van der Waals surface area contributed by atoms with Crippen molar-refractivity contribution in [2.45, 2.75) is 13.0 Å². The summed E-state index contributed by atoms with van der Waals surface area (Å²) in [6.45, 7) is 2.03. The van der Waals surface area contributed by atoms with E-state index in [9.17, 15) is 9.90 Å². The molecule has 116 valence electrons. The quantitative estimate of drug-likeness (QED) is 0.578. The molecule has 0 aliphatic heterocycles. The Hall–Kier alpha value is -2.04. The van der Waals surface area contributed by atoms with E-state index in [1.54, 1.807) is 18.2 Å². The molecule has 1 atom stereocenters. The van der Waals surface area contributed by atoms with Gasteiger partial charge in [-0.05, 0) is 44.8 Å². The molecule has 1 unspecified atom stereocenters. The molecule has 0 aliphatic carbocycles. The lowest BCUT2D eigenvalue weighted by atomic mass is 10.0. The van der Waals surface area contributed by atoms with E-state index in [1.165, 1.54) is 0 Å². The van der Waals surface area contributed by atoms with Crippen LogP contribution in [0.2, 0.25) is 0 Å². The number of hydrogen-bond acceptors (Lipinski definition) is 4. The van der Waals surface area contributed by atoms with E-state index in [1.807, 2.05) is 44.1 Å². The van der Waals surface area contributed by atoms with Crippen molar-refractivity contribution in [2.75, 3.05) is 14.1 Å². The Morgan fingerprint density at radius 3 is 2.41 bits per heavy atom. The van der Waals surface area contributed by atoms with E-state index in [0.717, 1.165) is 5.56 Å². The second-order valence-electron chi connectivity index (χ2n) is 5.49. The number of benzene rings is 2. The largest absolute Gasteiger partial charge is 0.507 e. The summed E-state index contributed by atoms with van der Waals surface area (Å²) in [4.78, 5) is 14.1. The highest BCUT2D eigenvalue weighted by atomic mass is 35.5. The number of fused-ring (bicyclic) bond motifs is 3. The number of hydrogen-bond donors (Lipinski definition) is 1. The van der Waals surface area contributed by atoms with Crippen molar-refractivity contribution < 1.29 is 9.52 Å². The van der Waals surface area contributed by atoms with Crippen molar-refractivity contribution >= 4 is 34.1 Å². The van der Waals surface area contributed by atoms with E-state index in [2.05, 4.69) is 0 Å². The van der Waals surface area contributed by atoms with Gasteiger partial charge in [-0.2, -0.15) is 0 Å². The molecule has 2 aromatic carbocycles. The van der Waals surface area contributed by atoms with Gasteiger partial charge in [-0.1, -0.05) is 18.2 Å². The predicted octanol–water partition coefficient (Wildman–Crippen LogP) is 3.70. The fourth-order valence-corrected chi connectivity index (χ4v) is 2.55. The second kappa shape index (κ2) is 5.99. The zero-order valence-electron chi connectivity index (χ0n) is 12.7. The van der Waals surface area contributed by atoms with Crippen molar-refractivity contribution in [3.8, 4) is 5.75 Å². The summed E-state index contributed by atoms with van der Waals surface area (Å²) < 4.78 is 5.39. The van der Waals surface area contributed by atoms with Crippen molar-refractivity contribution in [3.05, 3.63) is 52.4 Å². The molecule has 22 heavy (non-hydrogen) atoms. The van der Waals surface area contributed by atoms with Crippen molar-refractivity contribution in [2.24, 2.45) is 0 Å². The molecule has 1 N–H and O–H groups in total. The lowest BCUT2D eigenvalue weighted by molar-refractivity contribution is 0.320. The first kappa shape index (κ1) is 16.3. The van der Waals surface area contributed by atoms with Gasteiger partial charge >= 0.3 is 5.63 Å². The Morgan fingerprint density at radius 1 is 1.14 bits per heavy atom. The summed E-state index contributed by atoms with van der Waals surface area (Å²) in [7, 11) is 3.92. The van der Waals surface area contributed by atoms with Gasteiger partial charge in [0, 0.05) is 11.4 Å². The average molecular weight is 320 g/mol. The SMILES string of the molecule is CC(c1cc(O)c2c(c1)oc(=O)c1ccccc12)N(C)C.Cl. The van der Waals surface area contributed by atoms with E-state index < -0.39 is 0 Å². The lowest BCUT2D eigenvalue weighted by Crippen LogP contribution is -2.16. The molecule has 0 fully saturated rings. The van der Waals surface area contributed by atoms with Crippen LogP contribution >= 0.6 is 12.4 Å². The molecule has 4 nitrogen and oxygen atoms in total. The normalized spacial score (nSPS) is 12.5. The van der Waals surface area contributed by atoms with Crippen LogP contribution < -0.4 is 5.63 Å². The van der Waals surface area contributed by atoms with Gasteiger partial charge in [-0.3, -0.25) is 0 Å². The Balaban J connectivity index is 0.00000176. The van der Waals surface area contributed by atoms with Crippen LogP contribution in [0.4, 0.5) is 0 Å². The van der Waals surface area contributed by atoms with Crippen LogP contribution in [0.25, 0.3) is 21.7 Å². The van der Waals surface area contributed by atoms with Crippen molar-refractivity contribution in [1.82, 2.24) is 4.90 Å². The third-order valence-electron chi connectivity index (χ3n) is 3.98. The summed E-state index contributed by atoms with van der Waals surface area (Å²) >= 11 is 0. The Labute approximate surface area is 134 Å². The smallest absolute Gasteiger partial charge is 0.344 e. The fraction of sp³-hybridized carbons (Fsp3) is 0.235. The van der Waals surface area contributed by atoms with E-state index in [4.69, 9.17) is 4.42 Å². The Morgan fingerprint density at radius 2 is 1.77 bits per heavy atom. The summed E-state index contributed by atoms with van der Waals surface area (Å²) in [5.74, 6) is 0.135. The molecule has 0 aliphatic rings. The van der Waals surface area contributed by atoms with Crippen LogP contribution in [0, 0.1) is 0 Å². The van der Waals surface area contributed by atoms with Gasteiger partial charge in [0.2, 0.25) is 0 Å². The molecule has 1 aromatic heterocycles. The number of rotatable bonds is 2. The van der Waals surface area contributed by atoms with Gasteiger partial charge in [0.15, 0.2) is 0 Å². The molecule has 0 amide bonds. The number of aromatic hydroxyl groups is 1. The Bertz CT molecular complexity index is 886. The second-order valence-corrected chi connectivity index (χ2v) is 5.49. The molecular weight excluding hydrogens is 302 g/mol. The van der Waals surface area contributed by atoms with Crippen LogP contribution in [0.3, 0.4) is 0 Å². The monoisotopic (exact) mass is 319 g/mol. The van der Waals surface area contributed by atoms with Crippen LogP contribution in [-0.4, -0.2) is 24.1 Å². The van der Waals surface area contributed by atoms with Gasteiger partial charge < -0.3 is 14.4 Å². The molecular formula is C17H18ClNO3. The first-order valence-electron chi connectivity index (χ1n) is 6.84. The molecule has 5 heteroatoms. The minimum atomic E-state index is -0.382. The first-order valence-corrected chi connectivity index (χ1v) is 6.84. The minimum Gasteiger partial charge on any atom is -0.507 e. The van der Waals surface area contributed by atoms with E-state index in [0.29, 0.717) is 21.7 Å². The summed E-state index contributed by atoms with van der Waals surface area (Å²) in [6.07, 6.45) is 0. The van der Waals surface area contributed by atoms with Crippen molar-refractivity contribution in [1.29, 1.82) is 0 Å². The van der Waals surface area contributed by atoms with Gasteiger partial charge in [0.1, 0.15) is 11.3 Å². The van der Waals surface area contributed by atoms with Crippen LogP contribution in [-0.2, 0) is 0 Å². The van der Waals surface area contributed by atoms with Crippen LogP contribution in [0.5, 0.6) is 5.75 Å². The molecule has 0 saturated heterocycles. The van der Waals surface area contributed by atoms with Crippen molar-refractivity contribution in [3.63, 3.8) is 0 Å². The predicted molar refractivity (Wildman–Crippen MR) is 91.0 cm³/mol. The van der Waals surface area contributed by atoms with Gasteiger partial charge in [-0.15, -0.1) is 12.4 Å². The topological polar surface area (TPSA) is 53.7 Å². The maximum atomic E-state index is 12.1. The van der Waals surface area contributed by atoms with E-state index in [-0.39, 0.29) is 29.8 Å². The summed E-state index contributed by atoms with van der Waals surface area (Å²) in [5, 5.41) is 12.2. The van der Waals surface area contributed by atoms with Crippen LogP contribution in [0.15, 0.2) is 45.6 Å². The highest BCUT2D eigenvalue weighted by molar-refractivity contribution is 6.07. The highest BCUT2D eigenvalue weighted by Gasteiger charge is 2.15. The number of phenolic OH excluding ortho intramolecular Hbond substituents is 1. The standard InChI is InChI=1S/C17H17NO3.ClH/c1-10(18(2)3)11-8-14(19)16-12-6-4-5-7-13(12)17(20)21-15(16)9-11;/h4-10,19H,1-3H3;1H. The molecule has 3 aromatic rings. The molecule has 0 radical (unpaired) electrons. The molecule has 1 heterocycles. The average Bonchev–Trinajstić information content (AvgIpc) is 2.46. The number of phenols is 1. The first-order chi connectivity index (χ1) is 9.99. The number of nitrogens with zero attached hydrogens (tertiary/aromatic N) is 1. The van der Waals surface area contributed by atoms with Gasteiger partial charge in [0.05, 0.1) is 10.8 Å². The number of halogens is 1. The fourth-order valence-electron chi connectivity index (χ4n) is 2.55. The third kappa shape index (κ3) is 2.56. The maximum absolute atomic E-state index is 12.1. The molecule has 0 bridgehead atoms. The summed E-state index contributed by atoms with van der Waals surface area (Å²) in [6, 6.07) is 10.8. The zero-order valence-corrected chi connectivity index (χ0v) is 13.5. The minimum absolute atomic E-state index is 0. The van der Waals surface area contributed by atoms with E-state index >= 15 is 0 Å². The molecule has 0 spiro atoms. The lowest BCUT2D eigenvalue weighted by Gasteiger charge is -2.20. The molecule has 0 saturated carbocycles. The zero-order chi connectivity index (χ0) is 15.1. The van der Waals surface area contributed by atoms with Gasteiger partial charge in [-0.25, -0.2) is 4.79 Å². The molecule has 3 rings (SSSR count). The third-order valence-corrected chi connectivity index (χ3v) is 3.98. The van der Waals surface area contributed by atoms with Gasteiger partial charge in [0.25, 0.3) is 0 Å². The maximum Gasteiger partial charge on any atom is 0.344 e.